The van der Waals surface area contributed by atoms with Gasteiger partial charge in [-0.1, -0.05) is 30.3 Å². The fourth-order valence-electron chi connectivity index (χ4n) is 2.92. The van der Waals surface area contributed by atoms with Crippen LogP contribution in [0.2, 0.25) is 0 Å². The number of nitrogens with zero attached hydrogens (tertiary/aromatic N) is 1. The summed E-state index contributed by atoms with van der Waals surface area (Å²) in [7, 11) is -0.799. The zero-order valence-electron chi connectivity index (χ0n) is 17.2. The lowest BCUT2D eigenvalue weighted by atomic mass is 10.1. The Kier molecular flexibility index (Phi) is 7.90. The van der Waals surface area contributed by atoms with Crippen molar-refractivity contribution in [2.24, 2.45) is 0 Å². The van der Waals surface area contributed by atoms with Crippen molar-refractivity contribution in [1.82, 2.24) is 5.32 Å². The Morgan fingerprint density at radius 2 is 1.79 bits per heavy atom. The second kappa shape index (κ2) is 10.2. The van der Waals surface area contributed by atoms with Crippen LogP contribution in [0.3, 0.4) is 0 Å². The van der Waals surface area contributed by atoms with Crippen molar-refractivity contribution in [2.45, 2.75) is 25.8 Å². The maximum Gasteiger partial charge on any atom is 0.240 e. The van der Waals surface area contributed by atoms with Gasteiger partial charge in [-0.15, -0.1) is 0 Å². The van der Waals surface area contributed by atoms with Gasteiger partial charge in [0.2, 0.25) is 15.9 Å². The summed E-state index contributed by atoms with van der Waals surface area (Å²) in [5, 5.41) is 2.87. The third-order valence-corrected chi connectivity index (χ3v) is 5.58. The van der Waals surface area contributed by atoms with E-state index in [-0.39, 0.29) is 24.2 Å². The van der Waals surface area contributed by atoms with Gasteiger partial charge in [-0.05, 0) is 37.5 Å². The Hall–Kier alpha value is -2.74. The van der Waals surface area contributed by atoms with Crippen LogP contribution in [0.1, 0.15) is 18.9 Å². The molecule has 29 heavy (non-hydrogen) atoms. The van der Waals surface area contributed by atoms with Crippen molar-refractivity contribution in [2.75, 3.05) is 31.3 Å². The zero-order valence-corrected chi connectivity index (χ0v) is 18.0. The summed E-state index contributed by atoms with van der Waals surface area (Å²) in [5.41, 5.74) is 1.44. The summed E-state index contributed by atoms with van der Waals surface area (Å²) in [5.74, 6) is 0.410. The number of nitrogens with one attached hydrogen (secondary N) is 1. The highest BCUT2D eigenvalue weighted by Crippen LogP contribution is 2.33. The summed E-state index contributed by atoms with van der Waals surface area (Å²) in [6.45, 7) is 1.55. The van der Waals surface area contributed by atoms with E-state index in [9.17, 15) is 13.2 Å². The first kappa shape index (κ1) is 22.5. The molecule has 0 saturated carbocycles. The van der Waals surface area contributed by atoms with Crippen molar-refractivity contribution in [3.8, 4) is 11.5 Å². The SMILES string of the molecule is COc1ccc(OC)c(N(CC(=O)N[C@@H](C)CCc2ccccc2)S(C)(=O)=O)c1. The topological polar surface area (TPSA) is 84.9 Å². The van der Waals surface area contributed by atoms with E-state index in [0.29, 0.717) is 11.5 Å². The van der Waals surface area contributed by atoms with Gasteiger partial charge in [0.1, 0.15) is 18.0 Å². The van der Waals surface area contributed by atoms with Crippen molar-refractivity contribution >= 4 is 21.6 Å². The second-order valence-electron chi connectivity index (χ2n) is 6.80. The van der Waals surface area contributed by atoms with Gasteiger partial charge in [-0.25, -0.2) is 8.42 Å². The van der Waals surface area contributed by atoms with E-state index >= 15 is 0 Å². The lowest BCUT2D eigenvalue weighted by Crippen LogP contribution is -2.43. The summed E-state index contributed by atoms with van der Waals surface area (Å²) >= 11 is 0. The number of benzene rings is 2. The molecule has 2 rings (SSSR count). The number of rotatable bonds is 10. The Morgan fingerprint density at radius 1 is 1.10 bits per heavy atom. The quantitative estimate of drug-likeness (QED) is 0.639. The van der Waals surface area contributed by atoms with Crippen molar-refractivity contribution in [1.29, 1.82) is 0 Å². The minimum absolute atomic E-state index is 0.101. The molecular formula is C21H28N2O5S. The van der Waals surface area contributed by atoms with Crippen LogP contribution >= 0.6 is 0 Å². The van der Waals surface area contributed by atoms with Gasteiger partial charge in [-0.2, -0.15) is 0 Å². The molecule has 0 aliphatic carbocycles. The number of anilines is 1. The predicted molar refractivity (Wildman–Crippen MR) is 114 cm³/mol. The lowest BCUT2D eigenvalue weighted by Gasteiger charge is -2.25. The largest absolute Gasteiger partial charge is 0.497 e. The minimum Gasteiger partial charge on any atom is -0.497 e. The van der Waals surface area contributed by atoms with E-state index in [1.54, 1.807) is 12.1 Å². The summed E-state index contributed by atoms with van der Waals surface area (Å²) in [6.07, 6.45) is 2.62. The van der Waals surface area contributed by atoms with E-state index in [1.807, 2.05) is 37.3 Å². The molecule has 0 aliphatic heterocycles. The highest BCUT2D eigenvalue weighted by atomic mass is 32.2. The molecule has 7 nitrogen and oxygen atoms in total. The average Bonchev–Trinajstić information content (AvgIpc) is 2.70. The normalized spacial score (nSPS) is 12.1. The van der Waals surface area contributed by atoms with Crippen LogP contribution in [0.5, 0.6) is 11.5 Å². The number of ether oxygens (including phenoxy) is 2. The molecule has 0 aliphatic rings. The van der Waals surface area contributed by atoms with Gasteiger partial charge >= 0.3 is 0 Å². The van der Waals surface area contributed by atoms with Gasteiger partial charge in [0.15, 0.2) is 0 Å². The number of hydrogen-bond donors (Lipinski definition) is 1. The standard InChI is InChI=1S/C21H28N2O5S/c1-16(10-11-17-8-6-5-7-9-17)22-21(24)15-23(29(4,25)26)19-14-18(27-2)12-13-20(19)28-3/h5-9,12-14,16H,10-11,15H2,1-4H3,(H,22,24)/t16-/m0/s1. The van der Waals surface area contributed by atoms with Gasteiger partial charge in [0.05, 0.1) is 26.2 Å². The molecule has 0 unspecified atom stereocenters. The number of hydrogen-bond acceptors (Lipinski definition) is 5. The second-order valence-corrected chi connectivity index (χ2v) is 8.71. The fourth-order valence-corrected chi connectivity index (χ4v) is 3.78. The molecule has 0 radical (unpaired) electrons. The predicted octanol–water partition coefficient (Wildman–Crippen LogP) is 2.61. The highest BCUT2D eigenvalue weighted by Gasteiger charge is 2.25. The van der Waals surface area contributed by atoms with E-state index in [4.69, 9.17) is 9.47 Å². The van der Waals surface area contributed by atoms with E-state index in [1.165, 1.54) is 25.8 Å². The monoisotopic (exact) mass is 420 g/mol. The first-order valence-corrected chi connectivity index (χ1v) is 11.1. The number of carbonyl (C=O) groups is 1. The van der Waals surface area contributed by atoms with Crippen LogP contribution < -0.4 is 19.1 Å². The van der Waals surface area contributed by atoms with Crippen molar-refractivity contribution in [3.05, 3.63) is 54.1 Å². The Balaban J connectivity index is 2.09. The fraction of sp³-hybridized carbons (Fsp3) is 0.381. The van der Waals surface area contributed by atoms with Gasteiger partial charge in [0.25, 0.3) is 0 Å². The Bertz CT molecular complexity index is 916. The van der Waals surface area contributed by atoms with Crippen LogP contribution in [0, 0.1) is 0 Å². The zero-order chi connectivity index (χ0) is 21.4. The maximum atomic E-state index is 12.6. The van der Waals surface area contributed by atoms with Crippen LogP contribution in [0.4, 0.5) is 5.69 Å². The molecule has 8 heteroatoms. The third kappa shape index (κ3) is 6.67. The van der Waals surface area contributed by atoms with Gasteiger partial charge in [-0.3, -0.25) is 9.10 Å². The molecule has 0 aromatic heterocycles. The maximum absolute atomic E-state index is 12.6. The van der Waals surface area contributed by atoms with Crippen molar-refractivity contribution in [3.63, 3.8) is 0 Å². The smallest absolute Gasteiger partial charge is 0.240 e. The van der Waals surface area contributed by atoms with E-state index < -0.39 is 10.0 Å². The summed E-state index contributed by atoms with van der Waals surface area (Å²) in [4.78, 5) is 12.6. The van der Waals surface area contributed by atoms with Crippen LogP contribution in [0.25, 0.3) is 0 Å². The molecule has 1 atom stereocenters. The van der Waals surface area contributed by atoms with Crippen LogP contribution in [-0.4, -0.2) is 47.4 Å². The summed E-state index contributed by atoms with van der Waals surface area (Å²) in [6, 6.07) is 14.7. The molecule has 158 valence electrons. The number of aryl methyl sites for hydroxylation is 1. The van der Waals surface area contributed by atoms with Crippen LogP contribution in [0.15, 0.2) is 48.5 Å². The van der Waals surface area contributed by atoms with Crippen LogP contribution in [-0.2, 0) is 21.2 Å². The molecular weight excluding hydrogens is 392 g/mol. The summed E-state index contributed by atoms with van der Waals surface area (Å²) < 4.78 is 36.2. The molecule has 2 aromatic rings. The molecule has 0 fully saturated rings. The molecule has 0 spiro atoms. The van der Waals surface area contributed by atoms with Crippen molar-refractivity contribution < 1.29 is 22.7 Å². The van der Waals surface area contributed by atoms with Gasteiger partial charge < -0.3 is 14.8 Å². The number of sulfonamides is 1. The number of carbonyl (C=O) groups excluding carboxylic acids is 1. The highest BCUT2D eigenvalue weighted by molar-refractivity contribution is 7.92. The first-order valence-electron chi connectivity index (χ1n) is 9.27. The van der Waals surface area contributed by atoms with Gasteiger partial charge in [0, 0.05) is 12.1 Å². The molecule has 1 N–H and O–H groups in total. The number of methoxy groups -OCH3 is 2. The lowest BCUT2D eigenvalue weighted by molar-refractivity contribution is -0.120. The van der Waals surface area contributed by atoms with E-state index in [2.05, 4.69) is 5.32 Å². The first-order chi connectivity index (χ1) is 13.7. The third-order valence-electron chi connectivity index (χ3n) is 4.46. The molecule has 0 bridgehead atoms. The molecule has 0 saturated heterocycles. The van der Waals surface area contributed by atoms with E-state index in [0.717, 1.165) is 23.4 Å². The Morgan fingerprint density at radius 3 is 2.38 bits per heavy atom. The molecule has 0 heterocycles. The minimum atomic E-state index is -3.72. The molecule has 2 aromatic carbocycles. The average molecular weight is 421 g/mol. The number of amides is 1. The Labute approximate surface area is 172 Å². The molecule has 1 amide bonds.